The molecule has 2 saturated heterocycles. The van der Waals surface area contributed by atoms with Gasteiger partial charge in [0.2, 0.25) is 11.8 Å². The van der Waals surface area contributed by atoms with Gasteiger partial charge in [-0.1, -0.05) is 37.9 Å². The molecule has 0 bridgehead atoms. The number of allylic oxidation sites excluding steroid dienone is 1. The van der Waals surface area contributed by atoms with Crippen molar-refractivity contribution in [3.8, 4) is 11.5 Å². The van der Waals surface area contributed by atoms with Gasteiger partial charge in [0, 0.05) is 37.5 Å². The third-order valence-corrected chi connectivity index (χ3v) is 10.5. The monoisotopic (exact) mass is 711 g/mol. The van der Waals surface area contributed by atoms with Gasteiger partial charge in [0.05, 0.1) is 31.0 Å². The van der Waals surface area contributed by atoms with Crippen molar-refractivity contribution in [3.63, 3.8) is 0 Å². The fraction of sp³-hybridized carbons (Fsp3) is 0.622. The molecule has 13 heteroatoms. The van der Waals surface area contributed by atoms with Crippen molar-refractivity contribution in [2.24, 2.45) is 23.0 Å². The number of nitrogens with two attached hydrogens (primary N) is 1. The van der Waals surface area contributed by atoms with Gasteiger partial charge < -0.3 is 34.9 Å². The third-order valence-electron chi connectivity index (χ3n) is 10.1. The van der Waals surface area contributed by atoms with Crippen molar-refractivity contribution >= 4 is 46.5 Å². The zero-order valence-electron chi connectivity index (χ0n) is 29.7. The highest BCUT2D eigenvalue weighted by Crippen LogP contribution is 2.52. The number of pyridine rings is 1. The van der Waals surface area contributed by atoms with Crippen molar-refractivity contribution in [1.82, 2.24) is 20.1 Å². The smallest absolute Gasteiger partial charge is 0.408 e. The number of fused-ring (bicyclic) bond motifs is 2. The molecular formula is C37H50ClN5O7. The van der Waals surface area contributed by atoms with E-state index in [1.54, 1.807) is 0 Å². The van der Waals surface area contributed by atoms with Crippen LogP contribution in [0.5, 0.6) is 11.5 Å². The summed E-state index contributed by atoms with van der Waals surface area (Å²) in [5, 5.41) is 3.86. The van der Waals surface area contributed by atoms with E-state index in [1.807, 2.05) is 58.9 Å². The van der Waals surface area contributed by atoms with Gasteiger partial charge in [-0.05, 0) is 68.6 Å². The van der Waals surface area contributed by atoms with Gasteiger partial charge in [-0.15, -0.1) is 0 Å². The van der Waals surface area contributed by atoms with E-state index >= 15 is 0 Å². The quantitative estimate of drug-likeness (QED) is 0.336. The van der Waals surface area contributed by atoms with Crippen LogP contribution in [-0.4, -0.2) is 103 Å². The number of hydrogen-bond donors (Lipinski definition) is 2. The van der Waals surface area contributed by atoms with Crippen LogP contribution in [0.2, 0.25) is 5.02 Å². The number of rotatable bonds is 11. The molecule has 12 nitrogen and oxygen atoms in total. The molecule has 0 radical (unpaired) electrons. The molecule has 1 aromatic heterocycles. The molecule has 4 fully saturated rings. The van der Waals surface area contributed by atoms with Gasteiger partial charge in [0.15, 0.2) is 0 Å². The van der Waals surface area contributed by atoms with Crippen molar-refractivity contribution in [2.75, 3.05) is 46.0 Å². The lowest BCUT2D eigenvalue weighted by molar-refractivity contribution is -0.141. The largest absolute Gasteiger partial charge is 0.491 e. The number of nitrogens with zero attached hydrogens (tertiary/aromatic N) is 3. The maximum Gasteiger partial charge on any atom is 0.408 e. The van der Waals surface area contributed by atoms with Crippen LogP contribution in [0.3, 0.4) is 0 Å². The molecule has 1 unspecified atom stereocenters. The normalized spacial score (nSPS) is 25.5. The summed E-state index contributed by atoms with van der Waals surface area (Å²) in [5.74, 6) is 1.28. The van der Waals surface area contributed by atoms with E-state index in [2.05, 4.69) is 10.2 Å². The van der Waals surface area contributed by atoms with Crippen molar-refractivity contribution < 1.29 is 33.3 Å². The summed E-state index contributed by atoms with van der Waals surface area (Å²) in [5.41, 5.74) is 7.38. The lowest BCUT2D eigenvalue weighted by atomic mass is 9.85. The van der Waals surface area contributed by atoms with Gasteiger partial charge in [-0.2, -0.15) is 0 Å². The number of likely N-dealkylation sites (tertiary alicyclic amines) is 1. The molecule has 3 N–H and O–H groups in total. The average molecular weight is 712 g/mol. The van der Waals surface area contributed by atoms with E-state index in [-0.39, 0.29) is 19.1 Å². The molecule has 6 rings (SSSR count). The number of morpholine rings is 1. The predicted octanol–water partition coefficient (Wildman–Crippen LogP) is 4.80. The zero-order chi connectivity index (χ0) is 35.7. The van der Waals surface area contributed by atoms with Crippen LogP contribution in [0.25, 0.3) is 17.0 Å². The van der Waals surface area contributed by atoms with Gasteiger partial charge in [-0.3, -0.25) is 14.5 Å². The van der Waals surface area contributed by atoms with Crippen molar-refractivity contribution in [1.29, 1.82) is 0 Å². The van der Waals surface area contributed by atoms with Gasteiger partial charge in [0.25, 0.3) is 0 Å². The van der Waals surface area contributed by atoms with Crippen LogP contribution in [0.4, 0.5) is 4.79 Å². The number of carbonyl (C=O) groups excluding carboxylic acids is 3. The van der Waals surface area contributed by atoms with E-state index in [9.17, 15) is 14.4 Å². The van der Waals surface area contributed by atoms with Crippen molar-refractivity contribution in [3.05, 3.63) is 34.5 Å². The van der Waals surface area contributed by atoms with Gasteiger partial charge >= 0.3 is 6.09 Å². The third kappa shape index (κ3) is 8.46. The second-order valence-electron chi connectivity index (χ2n) is 15.4. The molecule has 50 heavy (non-hydrogen) atoms. The Kier molecular flexibility index (Phi) is 10.8. The number of primary amides is 1. The number of benzene rings is 1. The highest BCUT2D eigenvalue weighted by atomic mass is 35.5. The number of halogens is 1. The maximum absolute atomic E-state index is 14.1. The van der Waals surface area contributed by atoms with Gasteiger partial charge in [-0.25, -0.2) is 9.78 Å². The highest BCUT2D eigenvalue weighted by molar-refractivity contribution is 6.36. The SMILES string of the molecule is CC(C)=Cc1cc(O[C@@H]2C[C@@H](C(N)=O)N(C(=O)[C@@H](NC(=O)OC3C[C@@H]4C[C@@H]4C3)C(C)(C)C)C2)c2ccc(OCCN3CCOCC3)c(Cl)c2n1. The highest BCUT2D eigenvalue weighted by Gasteiger charge is 2.48. The van der Waals surface area contributed by atoms with Crippen LogP contribution >= 0.6 is 11.6 Å². The van der Waals surface area contributed by atoms with E-state index in [0.29, 0.717) is 64.8 Å². The lowest BCUT2D eigenvalue weighted by Gasteiger charge is -2.35. The first kappa shape index (κ1) is 36.2. The topological polar surface area (TPSA) is 146 Å². The minimum absolute atomic E-state index is 0.0972. The molecule has 3 heterocycles. The first-order chi connectivity index (χ1) is 23.8. The number of carbonyl (C=O) groups is 3. The summed E-state index contributed by atoms with van der Waals surface area (Å²) in [6, 6.07) is 3.64. The maximum atomic E-state index is 14.1. The molecule has 272 valence electrons. The molecule has 1 aromatic carbocycles. The number of ether oxygens (including phenoxy) is 4. The van der Waals surface area contributed by atoms with E-state index < -0.39 is 41.5 Å². The molecule has 3 amide bonds. The van der Waals surface area contributed by atoms with Gasteiger partial charge in [0.1, 0.15) is 47.4 Å². The Morgan fingerprint density at radius 1 is 1.08 bits per heavy atom. The molecule has 0 spiro atoms. The Bertz CT molecular complexity index is 1620. The first-order valence-electron chi connectivity index (χ1n) is 17.7. The average Bonchev–Trinajstić information content (AvgIpc) is 3.43. The van der Waals surface area contributed by atoms with Crippen LogP contribution in [-0.2, 0) is 19.1 Å². The van der Waals surface area contributed by atoms with Crippen molar-refractivity contribution in [2.45, 2.75) is 84.6 Å². The second-order valence-corrected chi connectivity index (χ2v) is 15.8. The molecule has 6 atom stereocenters. The van der Waals surface area contributed by atoms with E-state index in [0.717, 1.165) is 38.0 Å². The first-order valence-corrected chi connectivity index (χ1v) is 18.1. The molecular weight excluding hydrogens is 662 g/mol. The molecule has 2 saturated carbocycles. The second kappa shape index (κ2) is 14.9. The Morgan fingerprint density at radius 3 is 2.46 bits per heavy atom. The fourth-order valence-corrected chi connectivity index (χ4v) is 7.63. The van der Waals surface area contributed by atoms with Crippen LogP contribution in [0, 0.1) is 17.3 Å². The number of amides is 3. The van der Waals surface area contributed by atoms with Crippen LogP contribution in [0.15, 0.2) is 23.8 Å². The summed E-state index contributed by atoms with van der Waals surface area (Å²) >= 11 is 6.92. The number of hydrogen-bond acceptors (Lipinski definition) is 9. The molecule has 2 aromatic rings. The summed E-state index contributed by atoms with van der Waals surface area (Å²) in [6.07, 6.45) is 3.75. The molecule has 2 aliphatic carbocycles. The zero-order valence-corrected chi connectivity index (χ0v) is 30.5. The summed E-state index contributed by atoms with van der Waals surface area (Å²) < 4.78 is 23.8. The van der Waals surface area contributed by atoms with E-state index in [4.69, 9.17) is 41.3 Å². The minimum Gasteiger partial charge on any atom is -0.491 e. The Labute approximate surface area is 298 Å². The fourth-order valence-electron chi connectivity index (χ4n) is 7.36. The number of nitrogens with one attached hydrogen (secondary N) is 1. The number of alkyl carbamates (subject to hydrolysis) is 1. The minimum atomic E-state index is -0.946. The Balaban J connectivity index is 1.19. The Hall–Kier alpha value is -3.61. The standard InChI is InChI=1S/C37H50ClN5O7/c1-21(2)14-24-18-30(27-6-7-29(31(38)32(27)40-24)48-13-10-42-8-11-47-12-9-42)49-26-19-28(34(39)44)43(20-26)35(45)33(37(3,4)5)41-36(46)50-25-16-22-15-23(22)17-25/h6-7,14,18,22-23,25-26,28,33H,8-13,15-17,19-20H2,1-5H3,(H2,39,44)(H,41,46)/t22-,23+,25?,26-,28+,33-/m1/s1. The summed E-state index contributed by atoms with van der Waals surface area (Å²) in [6.45, 7) is 14.0. The molecule has 2 aliphatic heterocycles. The lowest BCUT2D eigenvalue weighted by Crippen LogP contribution is -2.57. The summed E-state index contributed by atoms with van der Waals surface area (Å²) in [7, 11) is 0. The van der Waals surface area contributed by atoms with Crippen LogP contribution < -0.4 is 20.5 Å². The number of aromatic nitrogens is 1. The molecule has 4 aliphatic rings. The predicted molar refractivity (Wildman–Crippen MR) is 190 cm³/mol. The Morgan fingerprint density at radius 2 is 1.80 bits per heavy atom. The summed E-state index contributed by atoms with van der Waals surface area (Å²) in [4.78, 5) is 48.4. The van der Waals surface area contributed by atoms with E-state index in [1.165, 1.54) is 11.3 Å². The van der Waals surface area contributed by atoms with Crippen LogP contribution in [0.1, 0.15) is 66.0 Å².